The molecule has 18 heavy (non-hydrogen) atoms. The lowest BCUT2D eigenvalue weighted by molar-refractivity contribution is -0.386. The lowest BCUT2D eigenvalue weighted by atomic mass is 9.78. The predicted octanol–water partition coefficient (Wildman–Crippen LogP) is 4.50. The van der Waals surface area contributed by atoms with Crippen LogP contribution in [0.4, 0.5) is 5.69 Å². The highest BCUT2D eigenvalue weighted by Crippen LogP contribution is 2.37. The number of hydrogen-bond donors (Lipinski definition) is 0. The van der Waals surface area contributed by atoms with Gasteiger partial charge in [-0.3, -0.25) is 10.1 Å². The van der Waals surface area contributed by atoms with Crippen LogP contribution < -0.4 is 0 Å². The summed E-state index contributed by atoms with van der Waals surface area (Å²) >= 11 is 0. The fraction of sp³-hybridized carbons (Fsp3) is 0.600. The number of nitrogens with zero attached hydrogens (tertiary/aromatic N) is 1. The first-order chi connectivity index (χ1) is 7.94. The van der Waals surface area contributed by atoms with Crippen LogP contribution in [0.1, 0.15) is 58.2 Å². The molecule has 0 saturated carbocycles. The molecular weight excluding hydrogens is 226 g/mol. The van der Waals surface area contributed by atoms with Crippen molar-refractivity contribution >= 4 is 5.69 Å². The van der Waals surface area contributed by atoms with E-state index in [2.05, 4.69) is 20.8 Å². The maximum atomic E-state index is 11.3. The molecule has 0 N–H and O–H groups in total. The normalized spacial score (nSPS) is 12.6. The largest absolute Gasteiger partial charge is 0.276 e. The molecule has 0 heterocycles. The molecule has 0 saturated heterocycles. The summed E-state index contributed by atoms with van der Waals surface area (Å²) in [4.78, 5) is 11.0. The van der Waals surface area contributed by atoms with E-state index in [1.54, 1.807) is 0 Å². The molecule has 0 unspecified atom stereocenters. The Hall–Kier alpha value is -1.38. The fourth-order valence-corrected chi connectivity index (χ4v) is 2.03. The topological polar surface area (TPSA) is 43.1 Å². The number of hydrogen-bond acceptors (Lipinski definition) is 2. The van der Waals surface area contributed by atoms with E-state index in [0.29, 0.717) is 0 Å². The second kappa shape index (κ2) is 4.38. The molecule has 0 radical (unpaired) electrons. The van der Waals surface area contributed by atoms with E-state index in [1.807, 2.05) is 39.8 Å². The van der Waals surface area contributed by atoms with Gasteiger partial charge in [0.2, 0.25) is 0 Å². The molecule has 1 aromatic carbocycles. The van der Waals surface area contributed by atoms with Gasteiger partial charge in [0.15, 0.2) is 0 Å². The lowest BCUT2D eigenvalue weighted by Gasteiger charge is -2.25. The van der Waals surface area contributed by atoms with E-state index in [0.717, 1.165) is 16.7 Å². The van der Waals surface area contributed by atoms with Crippen LogP contribution in [-0.4, -0.2) is 4.92 Å². The van der Waals surface area contributed by atoms with Crippen LogP contribution in [0.25, 0.3) is 0 Å². The van der Waals surface area contributed by atoms with E-state index >= 15 is 0 Å². The van der Waals surface area contributed by atoms with Gasteiger partial charge < -0.3 is 0 Å². The maximum Gasteiger partial charge on any atom is 0.276 e. The number of nitro benzene ring substituents is 1. The van der Waals surface area contributed by atoms with Crippen LogP contribution >= 0.6 is 0 Å². The Labute approximate surface area is 109 Å². The smallest absolute Gasteiger partial charge is 0.258 e. The molecule has 0 bridgehead atoms. The summed E-state index contributed by atoms with van der Waals surface area (Å²) in [7, 11) is 0. The third-order valence-corrected chi connectivity index (χ3v) is 3.16. The molecule has 0 spiro atoms. The van der Waals surface area contributed by atoms with Crippen molar-refractivity contribution in [3.63, 3.8) is 0 Å². The summed E-state index contributed by atoms with van der Waals surface area (Å²) in [5.41, 5.74) is 2.75. The highest BCUT2D eigenvalue weighted by molar-refractivity contribution is 5.53. The van der Waals surface area contributed by atoms with Crippen molar-refractivity contribution in [1.82, 2.24) is 0 Å². The van der Waals surface area contributed by atoms with Gasteiger partial charge in [0.1, 0.15) is 0 Å². The number of nitro groups is 1. The van der Waals surface area contributed by atoms with E-state index < -0.39 is 0 Å². The van der Waals surface area contributed by atoms with Crippen molar-refractivity contribution in [3.8, 4) is 0 Å². The predicted molar refractivity (Wildman–Crippen MR) is 75.2 cm³/mol. The Balaban J connectivity index is 3.64. The Bertz CT molecular complexity index is 476. The molecule has 0 atom stereocenters. The number of benzene rings is 1. The monoisotopic (exact) mass is 249 g/mol. The summed E-state index contributed by atoms with van der Waals surface area (Å²) in [6.07, 6.45) is 0. The van der Waals surface area contributed by atoms with Crippen LogP contribution in [-0.2, 0) is 10.8 Å². The van der Waals surface area contributed by atoms with Crippen LogP contribution in [0.5, 0.6) is 0 Å². The van der Waals surface area contributed by atoms with Gasteiger partial charge in [0, 0.05) is 11.1 Å². The van der Waals surface area contributed by atoms with Gasteiger partial charge in [-0.2, -0.15) is 0 Å². The summed E-state index contributed by atoms with van der Waals surface area (Å²) in [5.74, 6) is 0. The van der Waals surface area contributed by atoms with Crippen molar-refractivity contribution in [2.24, 2.45) is 0 Å². The zero-order chi connectivity index (χ0) is 14.3. The molecule has 100 valence electrons. The second-order valence-corrected chi connectivity index (χ2v) is 6.95. The summed E-state index contributed by atoms with van der Waals surface area (Å²) in [6.45, 7) is 14.2. The average Bonchev–Trinajstić information content (AvgIpc) is 2.12. The van der Waals surface area contributed by atoms with Crippen LogP contribution in [0, 0.1) is 17.0 Å². The third kappa shape index (κ3) is 2.89. The molecular formula is C15H23NO2. The summed E-state index contributed by atoms with van der Waals surface area (Å²) in [5, 5.41) is 11.3. The highest BCUT2D eigenvalue weighted by atomic mass is 16.6. The second-order valence-electron chi connectivity index (χ2n) is 6.95. The van der Waals surface area contributed by atoms with Gasteiger partial charge in [-0.25, -0.2) is 0 Å². The molecule has 0 aromatic heterocycles. The van der Waals surface area contributed by atoms with Crippen molar-refractivity contribution in [3.05, 3.63) is 38.9 Å². The Kier molecular flexibility index (Phi) is 3.57. The van der Waals surface area contributed by atoms with Gasteiger partial charge >= 0.3 is 0 Å². The zero-order valence-electron chi connectivity index (χ0n) is 12.4. The van der Waals surface area contributed by atoms with E-state index in [4.69, 9.17) is 0 Å². The number of aryl methyl sites for hydroxylation is 1. The molecule has 0 aliphatic rings. The first kappa shape index (κ1) is 14.7. The van der Waals surface area contributed by atoms with Crippen LogP contribution in [0.15, 0.2) is 12.1 Å². The fourth-order valence-electron chi connectivity index (χ4n) is 2.03. The van der Waals surface area contributed by atoms with Crippen molar-refractivity contribution in [2.45, 2.75) is 59.3 Å². The van der Waals surface area contributed by atoms with Gasteiger partial charge in [0.25, 0.3) is 5.69 Å². The minimum atomic E-state index is -0.262. The molecule has 0 aliphatic heterocycles. The minimum Gasteiger partial charge on any atom is -0.258 e. The SMILES string of the molecule is Cc1cc(C(C)(C)C)cc(C(C)(C)C)c1[N+](=O)[O-]. The van der Waals surface area contributed by atoms with E-state index in [1.165, 1.54) is 0 Å². The zero-order valence-corrected chi connectivity index (χ0v) is 12.4. The molecule has 1 aromatic rings. The highest BCUT2D eigenvalue weighted by Gasteiger charge is 2.29. The van der Waals surface area contributed by atoms with E-state index in [9.17, 15) is 10.1 Å². The molecule has 0 aliphatic carbocycles. The molecule has 3 heteroatoms. The maximum absolute atomic E-state index is 11.3. The third-order valence-electron chi connectivity index (χ3n) is 3.16. The Morgan fingerprint density at radius 3 is 1.83 bits per heavy atom. The van der Waals surface area contributed by atoms with Crippen LogP contribution in [0.3, 0.4) is 0 Å². The van der Waals surface area contributed by atoms with Crippen molar-refractivity contribution < 1.29 is 4.92 Å². The van der Waals surface area contributed by atoms with Crippen molar-refractivity contribution in [2.75, 3.05) is 0 Å². The Morgan fingerprint density at radius 2 is 1.50 bits per heavy atom. The van der Waals surface area contributed by atoms with E-state index in [-0.39, 0.29) is 21.4 Å². The average molecular weight is 249 g/mol. The van der Waals surface area contributed by atoms with Gasteiger partial charge in [0.05, 0.1) is 4.92 Å². The first-order valence-electron chi connectivity index (χ1n) is 6.24. The molecule has 3 nitrogen and oxygen atoms in total. The first-order valence-corrected chi connectivity index (χ1v) is 6.24. The summed E-state index contributed by atoms with van der Waals surface area (Å²) < 4.78 is 0. The standard InChI is InChI=1S/C15H23NO2/c1-10-8-11(14(2,3)4)9-12(15(5,6)7)13(10)16(17)18/h8-9H,1-7H3. The van der Waals surface area contributed by atoms with Crippen molar-refractivity contribution in [1.29, 1.82) is 0 Å². The van der Waals surface area contributed by atoms with Gasteiger partial charge in [-0.15, -0.1) is 0 Å². The minimum absolute atomic E-state index is 0.000111. The number of rotatable bonds is 1. The molecule has 1 rings (SSSR count). The van der Waals surface area contributed by atoms with Gasteiger partial charge in [-0.1, -0.05) is 41.5 Å². The lowest BCUT2D eigenvalue weighted by Crippen LogP contribution is -2.19. The Morgan fingerprint density at radius 1 is 1.00 bits per heavy atom. The van der Waals surface area contributed by atoms with Crippen LogP contribution in [0.2, 0.25) is 0 Å². The quantitative estimate of drug-likeness (QED) is 0.543. The summed E-state index contributed by atoms with van der Waals surface area (Å²) in [6, 6.07) is 3.93. The molecule has 0 fully saturated rings. The molecule has 0 amide bonds. The van der Waals surface area contributed by atoms with Gasteiger partial charge in [-0.05, 0) is 35.4 Å².